The minimum atomic E-state index is -0.851. The third-order valence-corrected chi connectivity index (χ3v) is 8.51. The number of benzene rings is 2. The van der Waals surface area contributed by atoms with Crippen LogP contribution in [-0.2, 0) is 11.3 Å². The molecule has 0 aliphatic heterocycles. The number of ether oxygens (including phenoxy) is 2. The minimum Gasteiger partial charge on any atom is -0.490 e. The molecule has 2 fully saturated rings. The Morgan fingerprint density at radius 1 is 0.865 bits per heavy atom. The highest BCUT2D eigenvalue weighted by molar-refractivity contribution is 5.33. The first-order valence-corrected chi connectivity index (χ1v) is 14.5. The fourth-order valence-electron chi connectivity index (χ4n) is 6.08. The van der Waals surface area contributed by atoms with Gasteiger partial charge in [0.25, 0.3) is 0 Å². The van der Waals surface area contributed by atoms with E-state index >= 15 is 0 Å². The van der Waals surface area contributed by atoms with Gasteiger partial charge >= 0.3 is 0 Å². The summed E-state index contributed by atoms with van der Waals surface area (Å²) in [6.07, 6.45) is 15.0. The number of hydrogen-bond acceptors (Lipinski definition) is 2. The Balaban J connectivity index is 1.21. The molecule has 2 saturated carbocycles. The maximum absolute atomic E-state index is 14.8. The van der Waals surface area contributed by atoms with E-state index in [0.717, 1.165) is 50.9 Å². The molecule has 2 nitrogen and oxygen atoms in total. The highest BCUT2D eigenvalue weighted by Crippen LogP contribution is 2.39. The van der Waals surface area contributed by atoms with Crippen molar-refractivity contribution < 1.29 is 18.3 Å². The van der Waals surface area contributed by atoms with Crippen molar-refractivity contribution >= 4 is 0 Å². The lowest BCUT2D eigenvalue weighted by Gasteiger charge is -2.29. The molecule has 0 spiro atoms. The van der Waals surface area contributed by atoms with E-state index in [4.69, 9.17) is 9.47 Å². The van der Waals surface area contributed by atoms with Crippen molar-refractivity contribution in [1.29, 1.82) is 0 Å². The normalized spacial score (nSPS) is 24.1. The van der Waals surface area contributed by atoms with Crippen molar-refractivity contribution in [3.8, 4) is 5.75 Å². The van der Waals surface area contributed by atoms with Gasteiger partial charge in [0.05, 0.1) is 19.3 Å². The Kier molecular flexibility index (Phi) is 10.6. The SMILES string of the molecule is C=CCCC1CCC(c2ccc(COC3CCC(c4ccc(OCCCC)c(F)c4F)CC3)cc2)CC1. The highest BCUT2D eigenvalue weighted by Gasteiger charge is 2.27. The largest absolute Gasteiger partial charge is 0.490 e. The van der Waals surface area contributed by atoms with Gasteiger partial charge < -0.3 is 9.47 Å². The molecule has 37 heavy (non-hydrogen) atoms. The van der Waals surface area contributed by atoms with E-state index in [2.05, 4.69) is 30.8 Å². The molecule has 202 valence electrons. The maximum Gasteiger partial charge on any atom is 0.200 e. The predicted octanol–water partition coefficient (Wildman–Crippen LogP) is 9.63. The summed E-state index contributed by atoms with van der Waals surface area (Å²) < 4.78 is 40.9. The summed E-state index contributed by atoms with van der Waals surface area (Å²) in [6.45, 7) is 6.91. The number of unbranched alkanes of at least 4 members (excludes halogenated alkanes) is 1. The van der Waals surface area contributed by atoms with Crippen LogP contribution in [0.5, 0.6) is 5.75 Å². The van der Waals surface area contributed by atoms with Gasteiger partial charge in [-0.05, 0) is 111 Å². The van der Waals surface area contributed by atoms with Gasteiger partial charge in [0.15, 0.2) is 11.6 Å². The summed E-state index contributed by atoms with van der Waals surface area (Å²) in [5.74, 6) is 0.0166. The zero-order chi connectivity index (χ0) is 26.0. The van der Waals surface area contributed by atoms with Crippen LogP contribution in [0.3, 0.4) is 0 Å². The molecule has 0 unspecified atom stereocenters. The molecular formula is C33H44F2O2. The standard InChI is InChI=1S/C33H44F2O2/c1-3-5-7-24-8-12-26(13-9-24)27-14-10-25(11-15-27)23-37-29-18-16-28(17-19-29)30-20-21-31(33(35)32(30)34)36-22-6-4-2/h3,10-11,14-15,20-21,24,26,28-29H,1,4-9,12-13,16-19,22-23H2,2H3. The molecule has 0 atom stereocenters. The monoisotopic (exact) mass is 510 g/mol. The second kappa shape index (κ2) is 14.1. The first-order valence-electron chi connectivity index (χ1n) is 14.5. The molecule has 0 amide bonds. The highest BCUT2D eigenvalue weighted by atomic mass is 19.2. The molecule has 2 aliphatic rings. The summed E-state index contributed by atoms with van der Waals surface area (Å²) in [5.41, 5.74) is 3.14. The molecule has 0 radical (unpaired) electrons. The maximum atomic E-state index is 14.8. The van der Waals surface area contributed by atoms with Gasteiger partial charge in [-0.1, -0.05) is 49.8 Å². The van der Waals surface area contributed by atoms with Crippen LogP contribution >= 0.6 is 0 Å². The van der Waals surface area contributed by atoms with Crippen molar-refractivity contribution in [2.24, 2.45) is 5.92 Å². The van der Waals surface area contributed by atoms with Gasteiger partial charge in [0.1, 0.15) is 0 Å². The Hall–Kier alpha value is -2.20. The van der Waals surface area contributed by atoms with Crippen LogP contribution < -0.4 is 4.74 Å². The van der Waals surface area contributed by atoms with Gasteiger partial charge in [0.2, 0.25) is 5.82 Å². The molecule has 2 aliphatic carbocycles. The molecule has 4 rings (SSSR count). The average molecular weight is 511 g/mol. The van der Waals surface area contributed by atoms with Crippen molar-refractivity contribution in [2.45, 2.75) is 109 Å². The smallest absolute Gasteiger partial charge is 0.200 e. The number of rotatable bonds is 12. The van der Waals surface area contributed by atoms with Gasteiger partial charge in [-0.15, -0.1) is 6.58 Å². The molecule has 4 heteroatoms. The van der Waals surface area contributed by atoms with E-state index in [-0.39, 0.29) is 17.8 Å². The Labute approximate surface area is 222 Å². The van der Waals surface area contributed by atoms with Crippen LogP contribution in [-0.4, -0.2) is 12.7 Å². The van der Waals surface area contributed by atoms with E-state index < -0.39 is 11.6 Å². The van der Waals surface area contributed by atoms with E-state index in [1.54, 1.807) is 12.1 Å². The lowest BCUT2D eigenvalue weighted by Crippen LogP contribution is -2.21. The Bertz CT molecular complexity index is 971. The summed E-state index contributed by atoms with van der Waals surface area (Å²) in [4.78, 5) is 0. The quantitative estimate of drug-likeness (QED) is 0.209. The lowest BCUT2D eigenvalue weighted by atomic mass is 9.77. The van der Waals surface area contributed by atoms with Crippen LogP contribution in [0.4, 0.5) is 8.78 Å². The van der Waals surface area contributed by atoms with Gasteiger partial charge in [-0.25, -0.2) is 4.39 Å². The van der Waals surface area contributed by atoms with Crippen LogP contribution in [0.25, 0.3) is 0 Å². The van der Waals surface area contributed by atoms with Crippen LogP contribution in [0.15, 0.2) is 49.1 Å². The summed E-state index contributed by atoms with van der Waals surface area (Å²) >= 11 is 0. The zero-order valence-electron chi connectivity index (χ0n) is 22.5. The van der Waals surface area contributed by atoms with Crippen molar-refractivity contribution in [1.82, 2.24) is 0 Å². The van der Waals surface area contributed by atoms with Gasteiger partial charge in [0, 0.05) is 0 Å². The summed E-state index contributed by atoms with van der Waals surface area (Å²) in [7, 11) is 0. The van der Waals surface area contributed by atoms with Crippen molar-refractivity contribution in [3.63, 3.8) is 0 Å². The number of halogens is 2. The van der Waals surface area contributed by atoms with Crippen molar-refractivity contribution in [3.05, 3.63) is 77.4 Å². The number of allylic oxidation sites excluding steroid dienone is 1. The second-order valence-corrected chi connectivity index (χ2v) is 11.1. The Morgan fingerprint density at radius 2 is 1.57 bits per heavy atom. The minimum absolute atomic E-state index is 0.0222. The molecule has 0 aromatic heterocycles. The first kappa shape index (κ1) is 27.8. The third-order valence-electron chi connectivity index (χ3n) is 8.51. The van der Waals surface area contributed by atoms with Crippen LogP contribution in [0, 0.1) is 17.6 Å². The third kappa shape index (κ3) is 7.66. The number of hydrogen-bond donors (Lipinski definition) is 0. The molecule has 0 bridgehead atoms. The summed E-state index contributed by atoms with van der Waals surface area (Å²) in [5, 5.41) is 0. The molecule has 2 aromatic carbocycles. The van der Waals surface area contributed by atoms with E-state index in [9.17, 15) is 8.78 Å². The van der Waals surface area contributed by atoms with Crippen LogP contribution in [0.2, 0.25) is 0 Å². The molecule has 0 N–H and O–H groups in total. The lowest BCUT2D eigenvalue weighted by molar-refractivity contribution is 0.0131. The second-order valence-electron chi connectivity index (χ2n) is 11.1. The molecule has 0 heterocycles. The van der Waals surface area contributed by atoms with E-state index in [1.165, 1.54) is 43.2 Å². The fourth-order valence-corrected chi connectivity index (χ4v) is 6.08. The van der Waals surface area contributed by atoms with Crippen LogP contribution in [0.1, 0.15) is 112 Å². The Morgan fingerprint density at radius 3 is 2.24 bits per heavy atom. The zero-order valence-corrected chi connectivity index (χ0v) is 22.5. The average Bonchev–Trinajstić information content (AvgIpc) is 2.94. The summed E-state index contributed by atoms with van der Waals surface area (Å²) in [6, 6.07) is 12.3. The topological polar surface area (TPSA) is 18.5 Å². The first-order chi connectivity index (χ1) is 18.1. The van der Waals surface area contributed by atoms with E-state index in [0.29, 0.717) is 24.7 Å². The van der Waals surface area contributed by atoms with E-state index in [1.807, 2.05) is 13.0 Å². The van der Waals surface area contributed by atoms with Crippen molar-refractivity contribution in [2.75, 3.05) is 6.61 Å². The van der Waals surface area contributed by atoms with Gasteiger partial charge in [-0.3, -0.25) is 0 Å². The molecule has 0 saturated heterocycles. The molecular weight excluding hydrogens is 466 g/mol. The predicted molar refractivity (Wildman–Crippen MR) is 147 cm³/mol. The fraction of sp³-hybridized carbons (Fsp3) is 0.576. The van der Waals surface area contributed by atoms with Gasteiger partial charge in [-0.2, -0.15) is 4.39 Å². The molecule has 2 aromatic rings.